The van der Waals surface area contributed by atoms with Crippen LogP contribution in [0.15, 0.2) is 60.7 Å². The molecule has 0 unspecified atom stereocenters. The van der Waals surface area contributed by atoms with E-state index in [1.54, 1.807) is 24.3 Å². The third-order valence-corrected chi connectivity index (χ3v) is 6.31. The first-order valence-electron chi connectivity index (χ1n) is 11.9. The number of benzene rings is 3. The summed E-state index contributed by atoms with van der Waals surface area (Å²) in [6.45, 7) is 2.10. The number of ether oxygens (including phenoxy) is 1. The number of carbonyl (C=O) groups excluding carboxylic acids is 1. The molecule has 0 bridgehead atoms. The Morgan fingerprint density at radius 2 is 1.86 bits per heavy atom. The molecule has 0 saturated carbocycles. The second kappa shape index (κ2) is 10.3. The highest BCUT2D eigenvalue weighted by atomic mass is 19.1. The van der Waals surface area contributed by atoms with Crippen LogP contribution in [0.2, 0.25) is 0 Å². The summed E-state index contributed by atoms with van der Waals surface area (Å²) in [5.74, 6) is -0.750. The van der Waals surface area contributed by atoms with Crippen molar-refractivity contribution >= 4 is 28.3 Å². The van der Waals surface area contributed by atoms with Gasteiger partial charge in [0, 0.05) is 28.7 Å². The number of rotatable bonds is 7. The van der Waals surface area contributed by atoms with Gasteiger partial charge in [0.05, 0.1) is 5.52 Å². The van der Waals surface area contributed by atoms with Gasteiger partial charge >= 0.3 is 0 Å². The number of aromatic nitrogens is 2. The van der Waals surface area contributed by atoms with Gasteiger partial charge in [-0.2, -0.15) is 5.10 Å². The van der Waals surface area contributed by atoms with E-state index in [9.17, 15) is 13.6 Å². The number of hydrogen-bond donors (Lipinski definition) is 3. The maximum atomic E-state index is 13.4. The second-order valence-electron chi connectivity index (χ2n) is 9.10. The number of aromatic amines is 1. The molecule has 0 spiro atoms. The molecule has 4 aromatic rings. The highest BCUT2D eigenvalue weighted by Gasteiger charge is 2.17. The molecule has 0 radical (unpaired) electrons. The molecule has 1 saturated heterocycles. The first kappa shape index (κ1) is 23.7. The van der Waals surface area contributed by atoms with Crippen LogP contribution in [-0.2, 0) is 6.61 Å². The first-order valence-corrected chi connectivity index (χ1v) is 11.9. The number of halogens is 2. The lowest BCUT2D eigenvalue weighted by Crippen LogP contribution is -2.36. The molecule has 2 heterocycles. The minimum Gasteiger partial charge on any atom is -0.489 e. The first-order chi connectivity index (χ1) is 17.4. The molecule has 9 heteroatoms. The summed E-state index contributed by atoms with van der Waals surface area (Å²) in [4.78, 5) is 15.3. The molecule has 1 amide bonds. The van der Waals surface area contributed by atoms with Crippen LogP contribution in [0.25, 0.3) is 10.9 Å². The smallest absolute Gasteiger partial charge is 0.256 e. The van der Waals surface area contributed by atoms with Crippen molar-refractivity contribution in [3.63, 3.8) is 0 Å². The standard InChI is InChI=1S/C27H27F2N5O2/c1-34-9-7-21(8-10-34)30-22-4-2-3-18(13-22)27(35)31-26-24-15-23(5-6-25(24)32-33-26)36-16-17-11-19(28)14-20(29)12-17/h2-6,11-15,21,30H,7-10,16H2,1H3,(H2,31,32,33,35). The number of anilines is 2. The van der Waals surface area contributed by atoms with E-state index in [0.29, 0.717) is 39.6 Å². The Morgan fingerprint density at radius 3 is 2.64 bits per heavy atom. The van der Waals surface area contributed by atoms with E-state index in [1.165, 1.54) is 12.1 Å². The van der Waals surface area contributed by atoms with Crippen molar-refractivity contribution in [1.82, 2.24) is 15.1 Å². The molecule has 0 aliphatic carbocycles. The van der Waals surface area contributed by atoms with Gasteiger partial charge in [0.25, 0.3) is 5.91 Å². The highest BCUT2D eigenvalue weighted by molar-refractivity contribution is 6.08. The summed E-state index contributed by atoms with van der Waals surface area (Å²) >= 11 is 0. The molecule has 1 fully saturated rings. The Hall–Kier alpha value is -3.98. The van der Waals surface area contributed by atoms with Gasteiger partial charge in [-0.05, 0) is 87.1 Å². The van der Waals surface area contributed by atoms with E-state index in [2.05, 4.69) is 32.8 Å². The number of fused-ring (bicyclic) bond motifs is 1. The number of carbonyl (C=O) groups is 1. The average molecular weight is 492 g/mol. The summed E-state index contributed by atoms with van der Waals surface area (Å²) in [6, 6.07) is 16.3. The predicted octanol–water partition coefficient (Wildman–Crippen LogP) is 5.18. The molecule has 36 heavy (non-hydrogen) atoms. The molecule has 3 N–H and O–H groups in total. The lowest BCUT2D eigenvalue weighted by atomic mass is 10.0. The molecule has 7 nitrogen and oxygen atoms in total. The average Bonchev–Trinajstić information content (AvgIpc) is 3.25. The molecular formula is C27H27F2N5O2. The van der Waals surface area contributed by atoms with E-state index < -0.39 is 11.6 Å². The van der Waals surface area contributed by atoms with Crippen LogP contribution in [0, 0.1) is 11.6 Å². The van der Waals surface area contributed by atoms with Gasteiger partial charge in [-0.25, -0.2) is 8.78 Å². The van der Waals surface area contributed by atoms with Crippen LogP contribution in [0.4, 0.5) is 20.3 Å². The number of nitrogens with zero attached hydrogens (tertiary/aromatic N) is 2. The zero-order chi connectivity index (χ0) is 25.1. The molecule has 1 aliphatic rings. The third kappa shape index (κ3) is 5.63. The number of H-pyrrole nitrogens is 1. The number of likely N-dealkylation sites (tertiary alicyclic amines) is 1. The normalized spacial score (nSPS) is 14.6. The van der Waals surface area contributed by atoms with Crippen LogP contribution in [0.5, 0.6) is 5.75 Å². The predicted molar refractivity (Wildman–Crippen MR) is 135 cm³/mol. The Labute approximate surface area is 207 Å². The van der Waals surface area contributed by atoms with Crippen LogP contribution >= 0.6 is 0 Å². The molecule has 186 valence electrons. The van der Waals surface area contributed by atoms with Gasteiger partial charge < -0.3 is 20.3 Å². The van der Waals surface area contributed by atoms with Crippen molar-refractivity contribution in [3.8, 4) is 5.75 Å². The number of piperidine rings is 1. The topological polar surface area (TPSA) is 82.3 Å². The zero-order valence-corrected chi connectivity index (χ0v) is 19.9. The monoisotopic (exact) mass is 491 g/mol. The van der Waals surface area contributed by atoms with Crippen molar-refractivity contribution in [2.24, 2.45) is 0 Å². The minimum atomic E-state index is -0.658. The molecule has 5 rings (SSSR count). The summed E-state index contributed by atoms with van der Waals surface area (Å²) in [5, 5.41) is 14.2. The maximum absolute atomic E-state index is 13.4. The van der Waals surface area contributed by atoms with E-state index in [0.717, 1.165) is 37.7 Å². The molecule has 3 aromatic carbocycles. The molecule has 1 aromatic heterocycles. The number of hydrogen-bond acceptors (Lipinski definition) is 5. The highest BCUT2D eigenvalue weighted by Crippen LogP contribution is 2.27. The van der Waals surface area contributed by atoms with Crippen molar-refractivity contribution in [2.75, 3.05) is 30.8 Å². The summed E-state index contributed by atoms with van der Waals surface area (Å²) in [6.07, 6.45) is 2.12. The van der Waals surface area contributed by atoms with Gasteiger partial charge in [0.15, 0.2) is 5.82 Å². The van der Waals surface area contributed by atoms with Crippen molar-refractivity contribution in [3.05, 3.63) is 83.4 Å². The van der Waals surface area contributed by atoms with Crippen LogP contribution in [0.3, 0.4) is 0 Å². The molecular weight excluding hydrogens is 464 g/mol. The SMILES string of the molecule is CN1CCC(Nc2cccc(C(=O)Nc3n[nH]c4ccc(OCc5cc(F)cc(F)c5)cc34)c2)CC1. The van der Waals surface area contributed by atoms with E-state index in [-0.39, 0.29) is 12.5 Å². The van der Waals surface area contributed by atoms with Crippen molar-refractivity contribution in [1.29, 1.82) is 0 Å². The van der Waals surface area contributed by atoms with Crippen molar-refractivity contribution < 1.29 is 18.3 Å². The Kier molecular flexibility index (Phi) is 6.81. The molecule has 0 atom stereocenters. The van der Waals surface area contributed by atoms with E-state index >= 15 is 0 Å². The van der Waals surface area contributed by atoms with Gasteiger partial charge in [0.2, 0.25) is 0 Å². The maximum Gasteiger partial charge on any atom is 0.256 e. The Bertz CT molecular complexity index is 1360. The van der Waals surface area contributed by atoms with Gasteiger partial charge in [-0.3, -0.25) is 9.89 Å². The van der Waals surface area contributed by atoms with Gasteiger partial charge in [-0.15, -0.1) is 0 Å². The molecule has 1 aliphatic heterocycles. The van der Waals surface area contributed by atoms with Gasteiger partial charge in [0.1, 0.15) is 24.0 Å². The number of amides is 1. The van der Waals surface area contributed by atoms with Crippen LogP contribution in [-0.4, -0.2) is 47.2 Å². The summed E-state index contributed by atoms with van der Waals surface area (Å²) in [7, 11) is 2.13. The lowest BCUT2D eigenvalue weighted by molar-refractivity contribution is 0.102. The Balaban J connectivity index is 1.27. The van der Waals surface area contributed by atoms with E-state index in [1.807, 2.05) is 18.2 Å². The number of nitrogens with one attached hydrogen (secondary N) is 3. The third-order valence-electron chi connectivity index (χ3n) is 6.31. The largest absolute Gasteiger partial charge is 0.489 e. The van der Waals surface area contributed by atoms with Crippen LogP contribution in [0.1, 0.15) is 28.8 Å². The zero-order valence-electron chi connectivity index (χ0n) is 19.9. The Morgan fingerprint density at radius 1 is 1.08 bits per heavy atom. The fraction of sp³-hybridized carbons (Fsp3) is 0.259. The minimum absolute atomic E-state index is 0.00317. The quantitative estimate of drug-likeness (QED) is 0.332. The van der Waals surface area contributed by atoms with Crippen molar-refractivity contribution in [2.45, 2.75) is 25.5 Å². The fourth-order valence-electron chi connectivity index (χ4n) is 4.36. The van der Waals surface area contributed by atoms with E-state index in [4.69, 9.17) is 4.74 Å². The second-order valence-corrected chi connectivity index (χ2v) is 9.10. The van der Waals surface area contributed by atoms with Gasteiger partial charge in [-0.1, -0.05) is 6.07 Å². The fourth-order valence-corrected chi connectivity index (χ4v) is 4.36. The summed E-state index contributed by atoms with van der Waals surface area (Å²) in [5.41, 5.74) is 2.52. The lowest BCUT2D eigenvalue weighted by Gasteiger charge is -2.30. The van der Waals surface area contributed by atoms with Crippen LogP contribution < -0.4 is 15.4 Å². The summed E-state index contributed by atoms with van der Waals surface area (Å²) < 4.78 is 32.6.